The maximum absolute atomic E-state index is 12.8. The van der Waals surface area contributed by atoms with Crippen LogP contribution in [0.25, 0.3) is 6.08 Å². The first-order valence-corrected chi connectivity index (χ1v) is 12.5. The topological polar surface area (TPSA) is 40.6 Å². The highest BCUT2D eigenvalue weighted by molar-refractivity contribution is 8.26. The standard InChI is InChI=1S/C26H28N2O2S2/c1-19-12-14-20(15-13-19)18-23-25(30)28(26(31)32-23)16-6-2-3-11-24(29)27-17-7-9-21-8-4-5-10-22(21)27/h4-5,8,10,12-15,18H,2-3,6-7,9,11,16-17H2,1H3/b23-18+. The molecule has 166 valence electrons. The summed E-state index contributed by atoms with van der Waals surface area (Å²) in [4.78, 5) is 29.8. The SMILES string of the molecule is Cc1ccc(/C=C2/SC(=S)N(CCCCCC(=O)N3CCCc4ccccc43)C2=O)cc1. The van der Waals surface area contributed by atoms with E-state index in [0.29, 0.717) is 22.2 Å². The summed E-state index contributed by atoms with van der Waals surface area (Å²) in [5.74, 6) is 0.186. The van der Waals surface area contributed by atoms with Gasteiger partial charge in [-0.15, -0.1) is 0 Å². The van der Waals surface area contributed by atoms with Crippen LogP contribution in [0.1, 0.15) is 48.8 Å². The first-order valence-electron chi connectivity index (χ1n) is 11.2. The first-order chi connectivity index (χ1) is 15.5. The van der Waals surface area contributed by atoms with E-state index in [0.717, 1.165) is 49.9 Å². The quantitative estimate of drug-likeness (QED) is 0.298. The number of benzene rings is 2. The molecule has 4 nitrogen and oxygen atoms in total. The largest absolute Gasteiger partial charge is 0.312 e. The van der Waals surface area contributed by atoms with Crippen LogP contribution in [0.3, 0.4) is 0 Å². The third-order valence-corrected chi connectivity index (χ3v) is 7.31. The zero-order valence-electron chi connectivity index (χ0n) is 18.4. The predicted molar refractivity (Wildman–Crippen MR) is 137 cm³/mol. The molecule has 0 spiro atoms. The van der Waals surface area contributed by atoms with Crippen molar-refractivity contribution in [2.24, 2.45) is 0 Å². The maximum Gasteiger partial charge on any atom is 0.266 e. The fourth-order valence-corrected chi connectivity index (χ4v) is 5.47. The van der Waals surface area contributed by atoms with E-state index in [2.05, 4.69) is 6.07 Å². The van der Waals surface area contributed by atoms with Crippen molar-refractivity contribution in [3.63, 3.8) is 0 Å². The summed E-state index contributed by atoms with van der Waals surface area (Å²) in [6.45, 7) is 3.46. The third kappa shape index (κ3) is 5.30. The van der Waals surface area contributed by atoms with Gasteiger partial charge in [-0.25, -0.2) is 0 Å². The molecule has 0 unspecified atom stereocenters. The van der Waals surface area contributed by atoms with Crippen LogP contribution >= 0.6 is 24.0 Å². The zero-order valence-corrected chi connectivity index (χ0v) is 20.0. The number of hydrogen-bond acceptors (Lipinski definition) is 4. The van der Waals surface area contributed by atoms with E-state index in [1.807, 2.05) is 60.4 Å². The number of carbonyl (C=O) groups excluding carboxylic acids is 2. The van der Waals surface area contributed by atoms with Crippen molar-refractivity contribution in [1.29, 1.82) is 0 Å². The smallest absolute Gasteiger partial charge is 0.266 e. The second-order valence-corrected chi connectivity index (χ2v) is 10.0. The number of carbonyl (C=O) groups is 2. The lowest BCUT2D eigenvalue weighted by Gasteiger charge is -2.29. The van der Waals surface area contributed by atoms with Crippen molar-refractivity contribution in [2.45, 2.75) is 45.4 Å². The molecular formula is C26H28N2O2S2. The van der Waals surface area contributed by atoms with Gasteiger partial charge in [0, 0.05) is 25.2 Å². The molecule has 0 aromatic heterocycles. The monoisotopic (exact) mass is 464 g/mol. The van der Waals surface area contributed by atoms with Crippen molar-refractivity contribution in [3.05, 3.63) is 70.1 Å². The minimum Gasteiger partial charge on any atom is -0.312 e. The van der Waals surface area contributed by atoms with Crippen LogP contribution in [-0.4, -0.2) is 34.1 Å². The lowest BCUT2D eigenvalue weighted by molar-refractivity contribution is -0.122. The van der Waals surface area contributed by atoms with E-state index in [4.69, 9.17) is 12.2 Å². The molecule has 2 heterocycles. The molecule has 2 aromatic rings. The second kappa shape index (κ2) is 10.5. The first kappa shape index (κ1) is 22.7. The highest BCUT2D eigenvalue weighted by Gasteiger charge is 2.31. The summed E-state index contributed by atoms with van der Waals surface area (Å²) < 4.78 is 0.620. The van der Waals surface area contributed by atoms with Gasteiger partial charge in [-0.1, -0.05) is 78.4 Å². The van der Waals surface area contributed by atoms with Crippen LogP contribution in [0.5, 0.6) is 0 Å². The minimum atomic E-state index is -0.0124. The van der Waals surface area contributed by atoms with Crippen molar-refractivity contribution < 1.29 is 9.59 Å². The number of para-hydroxylation sites is 1. The number of fused-ring (bicyclic) bond motifs is 1. The van der Waals surface area contributed by atoms with Crippen molar-refractivity contribution in [1.82, 2.24) is 4.90 Å². The molecule has 2 aromatic carbocycles. The highest BCUT2D eigenvalue weighted by Crippen LogP contribution is 2.33. The van der Waals surface area contributed by atoms with Crippen LogP contribution in [-0.2, 0) is 16.0 Å². The number of anilines is 1. The Bertz CT molecular complexity index is 1050. The minimum absolute atomic E-state index is 0.0124. The molecule has 0 aliphatic carbocycles. The molecule has 2 amide bonds. The molecule has 1 fully saturated rings. The van der Waals surface area contributed by atoms with Gasteiger partial charge in [-0.05, 0) is 55.9 Å². The van der Waals surface area contributed by atoms with Gasteiger partial charge in [0.05, 0.1) is 4.91 Å². The summed E-state index contributed by atoms with van der Waals surface area (Å²) >= 11 is 6.81. The number of hydrogen-bond donors (Lipinski definition) is 0. The van der Waals surface area contributed by atoms with Gasteiger partial charge in [-0.2, -0.15) is 0 Å². The average molecular weight is 465 g/mol. The summed E-state index contributed by atoms with van der Waals surface area (Å²) in [6, 6.07) is 16.3. The van der Waals surface area contributed by atoms with Crippen LogP contribution in [0.2, 0.25) is 0 Å². The Hall–Kier alpha value is -2.44. The Morgan fingerprint density at radius 3 is 2.69 bits per heavy atom. The van der Waals surface area contributed by atoms with Crippen molar-refractivity contribution in [3.8, 4) is 0 Å². The van der Waals surface area contributed by atoms with E-state index < -0.39 is 0 Å². The third-order valence-electron chi connectivity index (χ3n) is 5.93. The van der Waals surface area contributed by atoms with E-state index in [1.54, 1.807) is 4.90 Å². The Kier molecular flexibility index (Phi) is 7.43. The molecule has 0 atom stereocenters. The van der Waals surface area contributed by atoms with Crippen LogP contribution < -0.4 is 4.90 Å². The summed E-state index contributed by atoms with van der Waals surface area (Å²) in [7, 11) is 0. The fourth-order valence-electron chi connectivity index (χ4n) is 4.16. The average Bonchev–Trinajstić information content (AvgIpc) is 3.07. The zero-order chi connectivity index (χ0) is 22.5. The number of thiocarbonyl (C=S) groups is 1. The van der Waals surface area contributed by atoms with Crippen molar-refractivity contribution in [2.75, 3.05) is 18.0 Å². The number of aryl methyl sites for hydroxylation is 2. The number of thioether (sulfide) groups is 1. The molecule has 2 aliphatic heterocycles. The molecular weight excluding hydrogens is 436 g/mol. The molecule has 0 bridgehead atoms. The van der Waals surface area contributed by atoms with E-state index in [9.17, 15) is 9.59 Å². The van der Waals surface area contributed by atoms with Gasteiger partial charge >= 0.3 is 0 Å². The molecule has 32 heavy (non-hydrogen) atoms. The van der Waals surface area contributed by atoms with Gasteiger partial charge in [0.1, 0.15) is 4.32 Å². The molecule has 6 heteroatoms. The van der Waals surface area contributed by atoms with E-state index in [-0.39, 0.29) is 11.8 Å². The van der Waals surface area contributed by atoms with E-state index >= 15 is 0 Å². The van der Waals surface area contributed by atoms with Gasteiger partial charge < -0.3 is 4.90 Å². The van der Waals surface area contributed by atoms with Crippen molar-refractivity contribution >= 4 is 51.9 Å². The molecule has 2 aliphatic rings. The molecule has 0 N–H and O–H groups in total. The van der Waals surface area contributed by atoms with Gasteiger partial charge in [0.2, 0.25) is 5.91 Å². The number of unbranched alkanes of at least 4 members (excludes halogenated alkanes) is 2. The lowest BCUT2D eigenvalue weighted by atomic mass is 10.0. The molecule has 0 radical (unpaired) electrons. The van der Waals surface area contributed by atoms with E-state index in [1.165, 1.54) is 22.9 Å². The van der Waals surface area contributed by atoms with Gasteiger partial charge in [-0.3, -0.25) is 14.5 Å². The predicted octanol–water partition coefficient (Wildman–Crippen LogP) is 5.74. The second-order valence-electron chi connectivity index (χ2n) is 8.33. The van der Waals surface area contributed by atoms with Gasteiger partial charge in [0.15, 0.2) is 0 Å². The maximum atomic E-state index is 12.8. The Morgan fingerprint density at radius 1 is 1.09 bits per heavy atom. The Labute approximate surface area is 199 Å². The Morgan fingerprint density at radius 2 is 1.88 bits per heavy atom. The molecule has 4 rings (SSSR count). The molecule has 1 saturated heterocycles. The normalized spacial score (nSPS) is 17.2. The number of amides is 2. The highest BCUT2D eigenvalue weighted by atomic mass is 32.2. The number of rotatable bonds is 7. The number of nitrogens with zero attached hydrogens (tertiary/aromatic N) is 2. The summed E-state index contributed by atoms with van der Waals surface area (Å²) in [6.07, 6.45) is 7.08. The fraction of sp³-hybridized carbons (Fsp3) is 0.346. The molecule has 0 saturated carbocycles. The van der Waals surface area contributed by atoms with Crippen LogP contribution in [0.4, 0.5) is 5.69 Å². The summed E-state index contributed by atoms with van der Waals surface area (Å²) in [5, 5.41) is 0. The van der Waals surface area contributed by atoms with Crippen LogP contribution in [0.15, 0.2) is 53.4 Å². The van der Waals surface area contributed by atoms with Crippen LogP contribution in [0, 0.1) is 6.92 Å². The lowest BCUT2D eigenvalue weighted by Crippen LogP contribution is -2.35. The summed E-state index contributed by atoms with van der Waals surface area (Å²) in [5.41, 5.74) is 4.54. The van der Waals surface area contributed by atoms with Gasteiger partial charge in [0.25, 0.3) is 5.91 Å². The Balaban J connectivity index is 1.24.